The van der Waals surface area contributed by atoms with Gasteiger partial charge in [0, 0.05) is 11.5 Å². The second-order valence-corrected chi connectivity index (χ2v) is 3.08. The van der Waals surface area contributed by atoms with Crippen molar-refractivity contribution in [2.75, 3.05) is 5.32 Å². The fraction of sp³-hybridized carbons (Fsp3) is 0.250. The number of rotatable bonds is 0. The van der Waals surface area contributed by atoms with Crippen LogP contribution in [0.4, 0.5) is 5.82 Å². The molecule has 1 N–H and O–H groups in total. The molecule has 12 heavy (non-hydrogen) atoms. The molecule has 0 amide bonds. The molecule has 0 saturated carbocycles. The Morgan fingerprint density at radius 2 is 2.33 bits per heavy atom. The standard InChI is InChI=1S/C8H8ClN3/c1-5-2-3-10-8-6(5)7(9)11-4-12-8/h2-5H,1H3,(H,10,11,12). The van der Waals surface area contributed by atoms with Crippen LogP contribution < -0.4 is 5.32 Å². The topological polar surface area (TPSA) is 37.8 Å². The first-order valence-electron chi connectivity index (χ1n) is 3.72. The van der Waals surface area contributed by atoms with Gasteiger partial charge in [0.1, 0.15) is 17.3 Å². The van der Waals surface area contributed by atoms with Crippen LogP contribution in [0.15, 0.2) is 18.6 Å². The van der Waals surface area contributed by atoms with E-state index >= 15 is 0 Å². The molecule has 1 aliphatic heterocycles. The summed E-state index contributed by atoms with van der Waals surface area (Å²) in [6.07, 6.45) is 5.36. The molecule has 1 atom stereocenters. The molecule has 0 spiro atoms. The Hall–Kier alpha value is -1.09. The molecule has 3 nitrogen and oxygen atoms in total. The first kappa shape index (κ1) is 7.55. The average molecular weight is 182 g/mol. The van der Waals surface area contributed by atoms with Crippen LogP contribution in [0.1, 0.15) is 18.4 Å². The molecule has 4 heteroatoms. The summed E-state index contributed by atoms with van der Waals surface area (Å²) in [7, 11) is 0. The lowest BCUT2D eigenvalue weighted by Gasteiger charge is -2.17. The Labute approximate surface area is 75.5 Å². The smallest absolute Gasteiger partial charge is 0.138 e. The van der Waals surface area contributed by atoms with Crippen LogP contribution in [0.5, 0.6) is 0 Å². The number of hydrogen-bond donors (Lipinski definition) is 1. The van der Waals surface area contributed by atoms with Crippen molar-refractivity contribution in [1.29, 1.82) is 0 Å². The summed E-state index contributed by atoms with van der Waals surface area (Å²) in [6, 6.07) is 0. The van der Waals surface area contributed by atoms with Crippen molar-refractivity contribution < 1.29 is 0 Å². The van der Waals surface area contributed by atoms with Gasteiger partial charge in [0.2, 0.25) is 0 Å². The van der Waals surface area contributed by atoms with Gasteiger partial charge in [-0.05, 0) is 6.20 Å². The van der Waals surface area contributed by atoms with Crippen molar-refractivity contribution in [3.63, 3.8) is 0 Å². The molecule has 0 aliphatic carbocycles. The minimum absolute atomic E-state index is 0.287. The van der Waals surface area contributed by atoms with Gasteiger partial charge in [0.05, 0.1) is 0 Å². The summed E-state index contributed by atoms with van der Waals surface area (Å²) in [5.74, 6) is 1.10. The van der Waals surface area contributed by atoms with Crippen molar-refractivity contribution in [3.8, 4) is 0 Å². The van der Waals surface area contributed by atoms with E-state index in [0.29, 0.717) is 5.15 Å². The lowest BCUT2D eigenvalue weighted by atomic mass is 10.0. The predicted molar refractivity (Wildman–Crippen MR) is 48.2 cm³/mol. The maximum Gasteiger partial charge on any atom is 0.138 e. The van der Waals surface area contributed by atoms with E-state index in [1.807, 2.05) is 12.3 Å². The van der Waals surface area contributed by atoms with Crippen molar-refractivity contribution in [3.05, 3.63) is 29.3 Å². The van der Waals surface area contributed by atoms with Crippen LogP contribution in [0, 0.1) is 0 Å². The summed E-state index contributed by atoms with van der Waals surface area (Å²) in [5.41, 5.74) is 0.974. The van der Waals surface area contributed by atoms with Gasteiger partial charge in [-0.3, -0.25) is 0 Å². The van der Waals surface area contributed by atoms with Crippen molar-refractivity contribution in [1.82, 2.24) is 9.97 Å². The fourth-order valence-electron chi connectivity index (χ4n) is 1.26. The van der Waals surface area contributed by atoms with Gasteiger partial charge in [-0.15, -0.1) is 0 Å². The Kier molecular flexibility index (Phi) is 1.73. The highest BCUT2D eigenvalue weighted by atomic mass is 35.5. The van der Waals surface area contributed by atoms with Crippen molar-refractivity contribution in [2.24, 2.45) is 0 Å². The molecule has 62 valence electrons. The van der Waals surface area contributed by atoms with E-state index in [9.17, 15) is 0 Å². The zero-order valence-electron chi connectivity index (χ0n) is 6.58. The van der Waals surface area contributed by atoms with E-state index in [-0.39, 0.29) is 5.92 Å². The minimum Gasteiger partial charge on any atom is -0.347 e. The van der Waals surface area contributed by atoms with Gasteiger partial charge in [-0.25, -0.2) is 9.97 Å². The predicted octanol–water partition coefficient (Wildman–Crippen LogP) is 2.17. The highest BCUT2D eigenvalue weighted by Crippen LogP contribution is 2.31. The first-order chi connectivity index (χ1) is 5.79. The highest BCUT2D eigenvalue weighted by molar-refractivity contribution is 6.30. The Bertz CT molecular complexity index is 335. The third-order valence-electron chi connectivity index (χ3n) is 1.90. The molecule has 1 aromatic rings. The molecule has 0 radical (unpaired) electrons. The summed E-state index contributed by atoms with van der Waals surface area (Å²) >= 11 is 5.91. The maximum atomic E-state index is 5.91. The molecule has 1 aromatic heterocycles. The maximum absolute atomic E-state index is 5.91. The van der Waals surface area contributed by atoms with E-state index in [4.69, 9.17) is 11.6 Å². The average Bonchev–Trinajstić information content (AvgIpc) is 2.04. The van der Waals surface area contributed by atoms with Gasteiger partial charge < -0.3 is 5.32 Å². The van der Waals surface area contributed by atoms with Crippen molar-refractivity contribution in [2.45, 2.75) is 12.8 Å². The largest absolute Gasteiger partial charge is 0.347 e. The van der Waals surface area contributed by atoms with Crippen LogP contribution in [0.25, 0.3) is 0 Å². The van der Waals surface area contributed by atoms with Gasteiger partial charge in [-0.1, -0.05) is 24.6 Å². The molecule has 1 aliphatic rings. The zero-order valence-corrected chi connectivity index (χ0v) is 7.34. The molecule has 0 aromatic carbocycles. The SMILES string of the molecule is CC1C=CNc2ncnc(Cl)c21. The lowest BCUT2D eigenvalue weighted by Crippen LogP contribution is -2.07. The number of hydrogen-bond acceptors (Lipinski definition) is 3. The van der Waals surface area contributed by atoms with Gasteiger partial charge in [-0.2, -0.15) is 0 Å². The monoisotopic (exact) mass is 181 g/mol. The number of aromatic nitrogens is 2. The van der Waals surface area contributed by atoms with E-state index < -0.39 is 0 Å². The third-order valence-corrected chi connectivity index (χ3v) is 2.20. The third kappa shape index (κ3) is 1.06. The number of nitrogens with zero attached hydrogens (tertiary/aromatic N) is 2. The van der Waals surface area contributed by atoms with E-state index in [1.54, 1.807) is 0 Å². The Balaban J connectivity index is 2.58. The number of nitrogens with one attached hydrogen (secondary N) is 1. The fourth-order valence-corrected chi connectivity index (χ4v) is 1.57. The summed E-state index contributed by atoms with van der Waals surface area (Å²) in [6.45, 7) is 2.06. The van der Waals surface area contributed by atoms with Gasteiger partial charge in [0.25, 0.3) is 0 Å². The number of anilines is 1. The molecule has 2 heterocycles. The second kappa shape index (κ2) is 2.75. The summed E-state index contributed by atoms with van der Waals surface area (Å²) < 4.78 is 0. The van der Waals surface area contributed by atoms with E-state index in [0.717, 1.165) is 11.4 Å². The minimum atomic E-state index is 0.287. The highest BCUT2D eigenvalue weighted by Gasteiger charge is 2.16. The lowest BCUT2D eigenvalue weighted by molar-refractivity contribution is 0.918. The Morgan fingerprint density at radius 3 is 3.08 bits per heavy atom. The van der Waals surface area contributed by atoms with E-state index in [1.165, 1.54) is 6.33 Å². The number of allylic oxidation sites excluding steroid dienone is 1. The first-order valence-corrected chi connectivity index (χ1v) is 4.10. The van der Waals surface area contributed by atoms with Crippen LogP contribution in [0.2, 0.25) is 5.15 Å². The molecule has 0 fully saturated rings. The van der Waals surface area contributed by atoms with Crippen LogP contribution in [-0.2, 0) is 0 Å². The molecule has 0 saturated heterocycles. The van der Waals surface area contributed by atoms with Crippen LogP contribution >= 0.6 is 11.6 Å². The van der Waals surface area contributed by atoms with Crippen LogP contribution in [-0.4, -0.2) is 9.97 Å². The van der Waals surface area contributed by atoms with Gasteiger partial charge in [0.15, 0.2) is 0 Å². The molecule has 1 unspecified atom stereocenters. The number of fused-ring (bicyclic) bond motifs is 1. The summed E-state index contributed by atoms with van der Waals surface area (Å²) in [5, 5.41) is 3.55. The molecular formula is C8H8ClN3. The quantitative estimate of drug-likeness (QED) is 0.624. The molecule has 2 rings (SSSR count). The number of halogens is 1. The van der Waals surface area contributed by atoms with Gasteiger partial charge >= 0.3 is 0 Å². The summed E-state index contributed by atoms with van der Waals surface area (Å²) in [4.78, 5) is 8.00. The molecule has 0 bridgehead atoms. The normalized spacial score (nSPS) is 20.0. The molecular weight excluding hydrogens is 174 g/mol. The zero-order chi connectivity index (χ0) is 8.55. The van der Waals surface area contributed by atoms with Crippen molar-refractivity contribution >= 4 is 17.4 Å². The second-order valence-electron chi connectivity index (χ2n) is 2.72. The van der Waals surface area contributed by atoms with Crippen LogP contribution in [0.3, 0.4) is 0 Å². The Morgan fingerprint density at radius 1 is 1.50 bits per heavy atom. The van der Waals surface area contributed by atoms with E-state index in [2.05, 4.69) is 22.2 Å².